The van der Waals surface area contributed by atoms with Crippen LogP contribution in [0.4, 0.5) is 11.5 Å². The lowest BCUT2D eigenvalue weighted by atomic mass is 10.4. The van der Waals surface area contributed by atoms with Gasteiger partial charge < -0.3 is 5.32 Å². The van der Waals surface area contributed by atoms with E-state index in [0.717, 1.165) is 19.5 Å². The Hall–Kier alpha value is -2.44. The number of hydrogen-bond donors (Lipinski definition) is 1. The summed E-state index contributed by atoms with van der Waals surface area (Å²) in [7, 11) is 0. The van der Waals surface area contributed by atoms with Crippen LogP contribution in [0.15, 0.2) is 36.8 Å². The zero-order chi connectivity index (χ0) is 12.8. The maximum Gasteiger partial charge on any atom is 0.287 e. The van der Waals surface area contributed by atoms with Crippen LogP contribution in [0.25, 0.3) is 0 Å². The van der Waals surface area contributed by atoms with Crippen LogP contribution in [0.3, 0.4) is 0 Å². The van der Waals surface area contributed by atoms with Crippen molar-refractivity contribution < 1.29 is 4.92 Å². The normalized spacial score (nSPS) is 10.2. The summed E-state index contributed by atoms with van der Waals surface area (Å²) < 4.78 is 1.85. The van der Waals surface area contributed by atoms with Crippen LogP contribution in [-0.4, -0.2) is 26.2 Å². The molecule has 2 rings (SSSR count). The molecule has 0 amide bonds. The van der Waals surface area contributed by atoms with Crippen LogP contribution in [-0.2, 0) is 6.54 Å². The predicted molar refractivity (Wildman–Crippen MR) is 66.2 cm³/mol. The molecule has 0 aliphatic rings. The third-order valence-electron chi connectivity index (χ3n) is 2.39. The number of nitrogens with zero attached hydrogens (tertiary/aromatic N) is 4. The number of hydrogen-bond acceptors (Lipinski definition) is 5. The van der Waals surface area contributed by atoms with Crippen LogP contribution in [0.5, 0.6) is 0 Å². The molecule has 0 aliphatic heterocycles. The molecule has 0 atom stereocenters. The standard InChI is InChI=1S/C11H13N5O2/c17-16(18)10-3-4-11(13-9-10)12-5-1-7-15-8-2-6-14-15/h2-4,6,8-9H,1,5,7H2,(H,12,13). The van der Waals surface area contributed by atoms with Gasteiger partial charge in [0.25, 0.3) is 5.69 Å². The van der Waals surface area contributed by atoms with Crippen LogP contribution < -0.4 is 5.32 Å². The van der Waals surface area contributed by atoms with E-state index in [1.807, 2.05) is 16.9 Å². The summed E-state index contributed by atoms with van der Waals surface area (Å²) in [5.41, 5.74) is -0.00269. The highest BCUT2D eigenvalue weighted by Gasteiger charge is 2.04. The van der Waals surface area contributed by atoms with Gasteiger partial charge in [0.2, 0.25) is 0 Å². The molecule has 0 saturated carbocycles. The second-order valence-electron chi connectivity index (χ2n) is 3.71. The number of pyridine rings is 1. The Labute approximate surface area is 104 Å². The molecule has 94 valence electrons. The van der Waals surface area contributed by atoms with Crippen molar-refractivity contribution in [3.8, 4) is 0 Å². The van der Waals surface area contributed by atoms with E-state index in [0.29, 0.717) is 5.82 Å². The molecule has 2 aromatic rings. The summed E-state index contributed by atoms with van der Waals surface area (Å²) in [6.07, 6.45) is 5.80. The number of aromatic nitrogens is 3. The lowest BCUT2D eigenvalue weighted by Gasteiger charge is -2.05. The van der Waals surface area contributed by atoms with Crippen molar-refractivity contribution in [1.29, 1.82) is 0 Å². The maximum atomic E-state index is 10.4. The zero-order valence-corrected chi connectivity index (χ0v) is 9.69. The number of nitro groups is 1. The first-order valence-electron chi connectivity index (χ1n) is 5.57. The number of aryl methyl sites for hydroxylation is 1. The molecular weight excluding hydrogens is 234 g/mol. The molecule has 0 saturated heterocycles. The Kier molecular flexibility index (Phi) is 3.85. The first-order chi connectivity index (χ1) is 8.75. The molecular formula is C11H13N5O2. The van der Waals surface area contributed by atoms with Crippen LogP contribution >= 0.6 is 0 Å². The highest BCUT2D eigenvalue weighted by molar-refractivity contribution is 5.39. The van der Waals surface area contributed by atoms with Gasteiger partial charge in [0.05, 0.1) is 4.92 Å². The topological polar surface area (TPSA) is 85.9 Å². The highest BCUT2D eigenvalue weighted by atomic mass is 16.6. The van der Waals surface area contributed by atoms with E-state index in [1.54, 1.807) is 12.3 Å². The smallest absolute Gasteiger partial charge is 0.287 e. The zero-order valence-electron chi connectivity index (χ0n) is 9.69. The summed E-state index contributed by atoms with van der Waals surface area (Å²) in [5.74, 6) is 0.640. The van der Waals surface area contributed by atoms with Crippen molar-refractivity contribution in [3.63, 3.8) is 0 Å². The van der Waals surface area contributed by atoms with Gasteiger partial charge in [-0.05, 0) is 18.6 Å². The third kappa shape index (κ3) is 3.27. The molecule has 7 nitrogen and oxygen atoms in total. The van der Waals surface area contributed by atoms with E-state index >= 15 is 0 Å². The molecule has 0 bridgehead atoms. The lowest BCUT2D eigenvalue weighted by molar-refractivity contribution is -0.385. The summed E-state index contributed by atoms with van der Waals surface area (Å²) in [5, 5.41) is 17.6. The number of nitrogens with one attached hydrogen (secondary N) is 1. The van der Waals surface area contributed by atoms with Gasteiger partial charge in [0.1, 0.15) is 12.0 Å². The minimum Gasteiger partial charge on any atom is -0.370 e. The van der Waals surface area contributed by atoms with E-state index in [-0.39, 0.29) is 5.69 Å². The van der Waals surface area contributed by atoms with Crippen molar-refractivity contribution in [2.75, 3.05) is 11.9 Å². The van der Waals surface area contributed by atoms with E-state index in [4.69, 9.17) is 0 Å². The lowest BCUT2D eigenvalue weighted by Crippen LogP contribution is -2.07. The Morgan fingerprint density at radius 3 is 2.94 bits per heavy atom. The van der Waals surface area contributed by atoms with E-state index in [1.165, 1.54) is 12.3 Å². The first kappa shape index (κ1) is 12.0. The molecule has 1 N–H and O–H groups in total. The Bertz CT molecular complexity index is 495. The van der Waals surface area contributed by atoms with Crippen molar-refractivity contribution in [2.45, 2.75) is 13.0 Å². The minimum atomic E-state index is -0.464. The average molecular weight is 247 g/mol. The molecule has 0 fully saturated rings. The molecule has 2 aromatic heterocycles. The third-order valence-corrected chi connectivity index (χ3v) is 2.39. The molecule has 2 heterocycles. The van der Waals surface area contributed by atoms with Gasteiger partial charge in [-0.25, -0.2) is 4.98 Å². The molecule has 0 aromatic carbocycles. The second kappa shape index (κ2) is 5.76. The summed E-state index contributed by atoms with van der Waals surface area (Å²) in [6, 6.07) is 4.92. The molecule has 0 radical (unpaired) electrons. The molecule has 0 aliphatic carbocycles. The molecule has 0 unspecified atom stereocenters. The fourth-order valence-corrected chi connectivity index (χ4v) is 1.49. The van der Waals surface area contributed by atoms with E-state index < -0.39 is 4.92 Å². The highest BCUT2D eigenvalue weighted by Crippen LogP contribution is 2.11. The van der Waals surface area contributed by atoms with Crippen molar-refractivity contribution in [2.24, 2.45) is 0 Å². The molecule has 0 spiro atoms. The van der Waals surface area contributed by atoms with Crippen molar-refractivity contribution >= 4 is 11.5 Å². The van der Waals surface area contributed by atoms with Crippen molar-refractivity contribution in [1.82, 2.24) is 14.8 Å². The van der Waals surface area contributed by atoms with Gasteiger partial charge >= 0.3 is 0 Å². The largest absolute Gasteiger partial charge is 0.370 e. The number of anilines is 1. The summed E-state index contributed by atoms with van der Waals surface area (Å²) in [6.45, 7) is 1.57. The fraction of sp³-hybridized carbons (Fsp3) is 0.273. The van der Waals surface area contributed by atoms with Crippen LogP contribution in [0, 0.1) is 10.1 Å². The fourth-order valence-electron chi connectivity index (χ4n) is 1.49. The second-order valence-corrected chi connectivity index (χ2v) is 3.71. The Morgan fingerprint density at radius 2 is 2.33 bits per heavy atom. The predicted octanol–water partition coefficient (Wildman–Crippen LogP) is 1.69. The van der Waals surface area contributed by atoms with E-state index in [9.17, 15) is 10.1 Å². The Morgan fingerprint density at radius 1 is 1.44 bits per heavy atom. The van der Waals surface area contributed by atoms with Crippen LogP contribution in [0.2, 0.25) is 0 Å². The quantitative estimate of drug-likeness (QED) is 0.477. The summed E-state index contributed by atoms with van der Waals surface area (Å²) >= 11 is 0. The van der Waals surface area contributed by atoms with Gasteiger partial charge in [-0.15, -0.1) is 0 Å². The van der Waals surface area contributed by atoms with Gasteiger partial charge in [-0.3, -0.25) is 14.8 Å². The number of rotatable bonds is 6. The van der Waals surface area contributed by atoms with Crippen molar-refractivity contribution in [3.05, 3.63) is 46.9 Å². The van der Waals surface area contributed by atoms with Gasteiger partial charge in [-0.2, -0.15) is 5.10 Å². The first-order valence-corrected chi connectivity index (χ1v) is 5.57. The Balaban J connectivity index is 1.75. The minimum absolute atomic E-state index is 0.00269. The van der Waals surface area contributed by atoms with Gasteiger partial charge in [0.15, 0.2) is 0 Å². The average Bonchev–Trinajstić information content (AvgIpc) is 2.88. The van der Waals surface area contributed by atoms with E-state index in [2.05, 4.69) is 15.4 Å². The molecule has 18 heavy (non-hydrogen) atoms. The molecule has 7 heteroatoms. The van der Waals surface area contributed by atoms with Gasteiger partial charge in [0, 0.05) is 31.5 Å². The van der Waals surface area contributed by atoms with Crippen LogP contribution in [0.1, 0.15) is 6.42 Å². The summed E-state index contributed by atoms with van der Waals surface area (Å²) in [4.78, 5) is 13.9. The SMILES string of the molecule is O=[N+]([O-])c1ccc(NCCCn2cccn2)nc1. The maximum absolute atomic E-state index is 10.4. The monoisotopic (exact) mass is 247 g/mol. The van der Waals surface area contributed by atoms with Gasteiger partial charge in [-0.1, -0.05) is 0 Å².